The molecule has 0 radical (unpaired) electrons. The highest BCUT2D eigenvalue weighted by atomic mass is 19.2. The molecule has 5 heteroatoms. The smallest absolute Gasteiger partial charge is 0.159 e. The maximum atomic E-state index is 13.2. The van der Waals surface area contributed by atoms with E-state index in [4.69, 9.17) is 4.74 Å². The van der Waals surface area contributed by atoms with Gasteiger partial charge < -0.3 is 9.64 Å². The van der Waals surface area contributed by atoms with Gasteiger partial charge in [0.15, 0.2) is 11.6 Å². The van der Waals surface area contributed by atoms with E-state index in [1.165, 1.54) is 6.07 Å². The third-order valence-electron chi connectivity index (χ3n) is 4.25. The molecule has 25 heavy (non-hydrogen) atoms. The summed E-state index contributed by atoms with van der Waals surface area (Å²) in [5.41, 5.74) is 0.664. The summed E-state index contributed by atoms with van der Waals surface area (Å²) >= 11 is 0. The van der Waals surface area contributed by atoms with Gasteiger partial charge in [-0.05, 0) is 42.1 Å². The van der Waals surface area contributed by atoms with Crippen LogP contribution in [0.1, 0.15) is 5.56 Å². The molecule has 1 fully saturated rings. The van der Waals surface area contributed by atoms with E-state index < -0.39 is 11.6 Å². The Kier molecular flexibility index (Phi) is 6.01. The lowest BCUT2D eigenvalue weighted by atomic mass is 10.2. The van der Waals surface area contributed by atoms with Gasteiger partial charge in [-0.1, -0.05) is 24.3 Å². The summed E-state index contributed by atoms with van der Waals surface area (Å²) in [6.07, 6.45) is 3.77. The molecular weight excluding hydrogens is 322 g/mol. The van der Waals surface area contributed by atoms with E-state index in [1.54, 1.807) is 6.07 Å². The van der Waals surface area contributed by atoms with Crippen LogP contribution in [0.5, 0.6) is 5.75 Å². The minimum atomic E-state index is -0.816. The second kappa shape index (κ2) is 8.62. The van der Waals surface area contributed by atoms with Crippen LogP contribution in [0.2, 0.25) is 0 Å². The molecule has 0 unspecified atom stereocenters. The second-order valence-corrected chi connectivity index (χ2v) is 6.03. The molecule has 0 aliphatic carbocycles. The van der Waals surface area contributed by atoms with Gasteiger partial charge >= 0.3 is 0 Å². The lowest BCUT2D eigenvalue weighted by Gasteiger charge is -2.33. The second-order valence-electron chi connectivity index (χ2n) is 6.03. The molecule has 0 bridgehead atoms. The van der Waals surface area contributed by atoms with Crippen molar-refractivity contribution in [3.63, 3.8) is 0 Å². The molecule has 0 N–H and O–H groups in total. The SMILES string of the molecule is Fc1ccc(C=CN2CCN(CCOc3ccccc3)CC2)cc1F. The number of rotatable bonds is 6. The molecule has 0 saturated carbocycles. The van der Waals surface area contributed by atoms with Crippen LogP contribution in [0, 0.1) is 11.6 Å². The first-order chi connectivity index (χ1) is 12.2. The summed E-state index contributed by atoms with van der Waals surface area (Å²) in [5.74, 6) is -0.732. The standard InChI is InChI=1S/C20H22F2N2O/c21-19-7-6-17(16-20(19)22)8-9-23-10-12-24(13-11-23)14-15-25-18-4-2-1-3-5-18/h1-9,16H,10-15H2. The zero-order chi connectivity index (χ0) is 17.5. The van der Waals surface area contributed by atoms with Crippen molar-refractivity contribution in [3.05, 3.63) is 71.9 Å². The van der Waals surface area contributed by atoms with Crippen LogP contribution < -0.4 is 4.74 Å². The summed E-state index contributed by atoms with van der Waals surface area (Å²) in [5, 5.41) is 0. The molecule has 0 aromatic heterocycles. The maximum Gasteiger partial charge on any atom is 0.159 e. The highest BCUT2D eigenvalue weighted by molar-refractivity contribution is 5.48. The molecule has 2 aromatic rings. The monoisotopic (exact) mass is 344 g/mol. The lowest BCUT2D eigenvalue weighted by Crippen LogP contribution is -2.45. The van der Waals surface area contributed by atoms with Crippen molar-refractivity contribution in [2.24, 2.45) is 0 Å². The zero-order valence-corrected chi connectivity index (χ0v) is 14.1. The number of halogens is 2. The van der Waals surface area contributed by atoms with Crippen molar-refractivity contribution >= 4 is 6.08 Å². The maximum absolute atomic E-state index is 13.2. The molecule has 3 nitrogen and oxygen atoms in total. The number of para-hydroxylation sites is 1. The average Bonchev–Trinajstić information content (AvgIpc) is 2.65. The van der Waals surface area contributed by atoms with E-state index in [0.29, 0.717) is 12.2 Å². The Balaban J connectivity index is 1.39. The van der Waals surface area contributed by atoms with Crippen molar-refractivity contribution in [3.8, 4) is 5.75 Å². The molecule has 0 spiro atoms. The molecule has 1 aliphatic rings. The normalized spacial score (nSPS) is 15.7. The first kappa shape index (κ1) is 17.4. The van der Waals surface area contributed by atoms with Crippen LogP contribution in [0.15, 0.2) is 54.7 Å². The van der Waals surface area contributed by atoms with Gasteiger partial charge in [-0.25, -0.2) is 8.78 Å². The minimum Gasteiger partial charge on any atom is -0.492 e. The number of nitrogens with zero attached hydrogens (tertiary/aromatic N) is 2. The van der Waals surface area contributed by atoms with Crippen LogP contribution in [0.3, 0.4) is 0 Å². The van der Waals surface area contributed by atoms with Crippen LogP contribution in [0.25, 0.3) is 6.08 Å². The largest absolute Gasteiger partial charge is 0.492 e. The van der Waals surface area contributed by atoms with Crippen LogP contribution in [-0.4, -0.2) is 49.1 Å². The average molecular weight is 344 g/mol. The molecule has 3 rings (SSSR count). The van der Waals surface area contributed by atoms with Crippen molar-refractivity contribution in [1.29, 1.82) is 0 Å². The summed E-state index contributed by atoms with van der Waals surface area (Å²) in [7, 11) is 0. The number of benzene rings is 2. The van der Waals surface area contributed by atoms with Gasteiger partial charge in [-0.3, -0.25) is 4.90 Å². The van der Waals surface area contributed by atoms with Gasteiger partial charge in [0.2, 0.25) is 0 Å². The van der Waals surface area contributed by atoms with E-state index in [-0.39, 0.29) is 0 Å². The highest BCUT2D eigenvalue weighted by Gasteiger charge is 2.14. The fraction of sp³-hybridized carbons (Fsp3) is 0.300. The summed E-state index contributed by atoms with van der Waals surface area (Å²) < 4.78 is 31.8. The fourth-order valence-electron chi connectivity index (χ4n) is 2.75. The van der Waals surface area contributed by atoms with Gasteiger partial charge in [0, 0.05) is 32.7 Å². The predicted molar refractivity (Wildman–Crippen MR) is 95.3 cm³/mol. The molecule has 0 atom stereocenters. The zero-order valence-electron chi connectivity index (χ0n) is 14.1. The number of ether oxygens (including phenoxy) is 1. The molecule has 0 amide bonds. The topological polar surface area (TPSA) is 15.7 Å². The van der Waals surface area contributed by atoms with E-state index in [0.717, 1.165) is 44.5 Å². The van der Waals surface area contributed by atoms with Crippen molar-refractivity contribution < 1.29 is 13.5 Å². The third kappa shape index (κ3) is 5.29. The fourth-order valence-corrected chi connectivity index (χ4v) is 2.75. The molecule has 132 valence electrons. The molecule has 1 aliphatic heterocycles. The predicted octanol–water partition coefficient (Wildman–Crippen LogP) is 3.63. The molecule has 2 aromatic carbocycles. The quantitative estimate of drug-likeness (QED) is 0.796. The Bertz CT molecular complexity index is 698. The van der Waals surface area contributed by atoms with E-state index in [1.807, 2.05) is 42.6 Å². The summed E-state index contributed by atoms with van der Waals surface area (Å²) in [6.45, 7) is 5.31. The minimum absolute atomic E-state index is 0.664. The van der Waals surface area contributed by atoms with Crippen molar-refractivity contribution in [2.75, 3.05) is 39.3 Å². The van der Waals surface area contributed by atoms with Crippen LogP contribution >= 0.6 is 0 Å². The first-order valence-corrected chi connectivity index (χ1v) is 8.48. The summed E-state index contributed by atoms with van der Waals surface area (Å²) in [6, 6.07) is 13.8. The Morgan fingerprint density at radius 1 is 0.920 bits per heavy atom. The van der Waals surface area contributed by atoms with Gasteiger partial charge in [0.25, 0.3) is 0 Å². The molecular formula is C20H22F2N2O. The van der Waals surface area contributed by atoms with E-state index in [2.05, 4.69) is 9.80 Å². The van der Waals surface area contributed by atoms with Gasteiger partial charge in [-0.2, -0.15) is 0 Å². The van der Waals surface area contributed by atoms with E-state index >= 15 is 0 Å². The van der Waals surface area contributed by atoms with Crippen LogP contribution in [0.4, 0.5) is 8.78 Å². The Hall–Kier alpha value is -2.40. The van der Waals surface area contributed by atoms with Gasteiger partial charge in [-0.15, -0.1) is 0 Å². The van der Waals surface area contributed by atoms with E-state index in [9.17, 15) is 8.78 Å². The summed E-state index contributed by atoms with van der Waals surface area (Å²) in [4.78, 5) is 4.56. The number of hydrogen-bond donors (Lipinski definition) is 0. The first-order valence-electron chi connectivity index (χ1n) is 8.48. The van der Waals surface area contributed by atoms with Gasteiger partial charge in [0.05, 0.1) is 0 Å². The Labute approximate surface area is 147 Å². The highest BCUT2D eigenvalue weighted by Crippen LogP contribution is 2.12. The van der Waals surface area contributed by atoms with Crippen molar-refractivity contribution in [2.45, 2.75) is 0 Å². The van der Waals surface area contributed by atoms with Crippen molar-refractivity contribution in [1.82, 2.24) is 9.80 Å². The third-order valence-corrected chi connectivity index (χ3v) is 4.25. The molecule has 1 heterocycles. The lowest BCUT2D eigenvalue weighted by molar-refractivity contribution is 0.145. The molecule has 1 saturated heterocycles. The Morgan fingerprint density at radius 3 is 2.40 bits per heavy atom. The number of hydrogen-bond acceptors (Lipinski definition) is 3. The van der Waals surface area contributed by atoms with Crippen LogP contribution in [-0.2, 0) is 0 Å². The Morgan fingerprint density at radius 2 is 1.68 bits per heavy atom. The van der Waals surface area contributed by atoms with Gasteiger partial charge in [0.1, 0.15) is 12.4 Å². The number of piperazine rings is 1.